The topological polar surface area (TPSA) is 82.2 Å². The summed E-state index contributed by atoms with van der Waals surface area (Å²) in [7, 11) is 1.55. The highest BCUT2D eigenvalue weighted by Crippen LogP contribution is 2.30. The average molecular weight is 364 g/mol. The summed E-state index contributed by atoms with van der Waals surface area (Å²) >= 11 is 0. The summed E-state index contributed by atoms with van der Waals surface area (Å²) in [4.78, 5) is 11.9. The molecule has 6 nitrogen and oxygen atoms in total. The molecule has 0 aliphatic heterocycles. The number of methoxy groups -OCH3 is 1. The van der Waals surface area contributed by atoms with Crippen LogP contribution in [0.25, 0.3) is 5.69 Å². The molecule has 0 radical (unpaired) electrons. The van der Waals surface area contributed by atoms with Crippen molar-refractivity contribution in [3.8, 4) is 11.4 Å². The minimum atomic E-state index is -0.529. The third kappa shape index (κ3) is 3.95. The molecule has 0 saturated heterocycles. The highest BCUT2D eigenvalue weighted by molar-refractivity contribution is 5.99. The third-order valence-electron chi connectivity index (χ3n) is 4.23. The Labute approximate surface area is 159 Å². The van der Waals surface area contributed by atoms with E-state index in [1.54, 1.807) is 25.3 Å². The van der Waals surface area contributed by atoms with E-state index in [2.05, 4.69) is 26.1 Å². The van der Waals surface area contributed by atoms with E-state index in [0.717, 1.165) is 17.2 Å². The maximum Gasteiger partial charge on any atom is 0.250 e. The number of nitrogens with one attached hydrogen (secondary N) is 1. The van der Waals surface area contributed by atoms with Gasteiger partial charge in [0.15, 0.2) is 0 Å². The standard InChI is InChI=1S/C21H24N4O2/c1-21(2,3)18-13-19(25(24-18)14-8-6-5-7-9-14)23-17-11-10-15(27-4)12-16(17)20(22)26/h5-13,23H,1-4H3,(H2,22,26). The van der Waals surface area contributed by atoms with Gasteiger partial charge in [0.05, 0.1) is 29.7 Å². The molecule has 0 saturated carbocycles. The fraction of sp³-hybridized carbons (Fsp3) is 0.238. The Hall–Kier alpha value is -3.28. The smallest absolute Gasteiger partial charge is 0.250 e. The number of para-hydroxylation sites is 1. The zero-order valence-corrected chi connectivity index (χ0v) is 16.0. The number of aromatic nitrogens is 2. The normalized spacial score (nSPS) is 11.3. The molecule has 1 amide bonds. The monoisotopic (exact) mass is 364 g/mol. The number of rotatable bonds is 5. The molecule has 0 atom stereocenters. The maximum atomic E-state index is 11.9. The number of amides is 1. The van der Waals surface area contributed by atoms with Gasteiger partial charge in [-0.05, 0) is 30.3 Å². The van der Waals surface area contributed by atoms with Crippen LogP contribution in [0, 0.1) is 0 Å². The van der Waals surface area contributed by atoms with Crippen LogP contribution in [0.1, 0.15) is 36.8 Å². The van der Waals surface area contributed by atoms with Crippen molar-refractivity contribution in [3.05, 3.63) is 65.9 Å². The van der Waals surface area contributed by atoms with Crippen molar-refractivity contribution in [3.63, 3.8) is 0 Å². The van der Waals surface area contributed by atoms with Crippen LogP contribution in [0.5, 0.6) is 5.75 Å². The van der Waals surface area contributed by atoms with Gasteiger partial charge in [-0.3, -0.25) is 4.79 Å². The van der Waals surface area contributed by atoms with Crippen molar-refractivity contribution in [1.29, 1.82) is 0 Å². The van der Waals surface area contributed by atoms with E-state index < -0.39 is 5.91 Å². The molecule has 3 N–H and O–H groups in total. The molecule has 6 heteroatoms. The molecule has 0 unspecified atom stereocenters. The lowest BCUT2D eigenvalue weighted by Crippen LogP contribution is -2.14. The Morgan fingerprint density at radius 3 is 2.41 bits per heavy atom. The Kier molecular flexibility index (Phi) is 4.90. The molecule has 0 fully saturated rings. The highest BCUT2D eigenvalue weighted by Gasteiger charge is 2.21. The van der Waals surface area contributed by atoms with E-state index in [-0.39, 0.29) is 5.41 Å². The Morgan fingerprint density at radius 2 is 1.81 bits per heavy atom. The number of ether oxygens (including phenoxy) is 1. The van der Waals surface area contributed by atoms with E-state index in [1.807, 2.05) is 41.1 Å². The van der Waals surface area contributed by atoms with Gasteiger partial charge in [-0.1, -0.05) is 39.0 Å². The summed E-state index contributed by atoms with van der Waals surface area (Å²) in [6.07, 6.45) is 0. The first-order chi connectivity index (χ1) is 12.8. The number of hydrogen-bond acceptors (Lipinski definition) is 4. The van der Waals surface area contributed by atoms with Crippen LogP contribution in [0.2, 0.25) is 0 Å². The van der Waals surface area contributed by atoms with Gasteiger partial charge < -0.3 is 15.8 Å². The van der Waals surface area contributed by atoms with Crippen molar-refractivity contribution in [2.24, 2.45) is 5.73 Å². The second kappa shape index (κ2) is 7.15. The SMILES string of the molecule is COc1ccc(Nc2cc(C(C)(C)C)nn2-c2ccccc2)c(C(N)=O)c1. The quantitative estimate of drug-likeness (QED) is 0.716. The van der Waals surface area contributed by atoms with Crippen molar-refractivity contribution in [2.45, 2.75) is 26.2 Å². The van der Waals surface area contributed by atoms with Crippen molar-refractivity contribution in [1.82, 2.24) is 9.78 Å². The van der Waals surface area contributed by atoms with Crippen molar-refractivity contribution < 1.29 is 9.53 Å². The molecule has 2 aromatic carbocycles. The summed E-state index contributed by atoms with van der Waals surface area (Å²) in [5, 5.41) is 8.08. The van der Waals surface area contributed by atoms with Crippen LogP contribution < -0.4 is 15.8 Å². The van der Waals surface area contributed by atoms with Crippen LogP contribution in [-0.2, 0) is 5.41 Å². The minimum Gasteiger partial charge on any atom is -0.497 e. The van der Waals surface area contributed by atoms with Gasteiger partial charge in [0.25, 0.3) is 5.91 Å². The summed E-state index contributed by atoms with van der Waals surface area (Å²) in [5.74, 6) is 0.790. The van der Waals surface area contributed by atoms with Gasteiger partial charge in [0.1, 0.15) is 11.6 Å². The molecule has 0 aliphatic rings. The molecule has 3 rings (SSSR count). The van der Waals surface area contributed by atoms with Gasteiger partial charge in [0.2, 0.25) is 0 Å². The van der Waals surface area contributed by atoms with Crippen molar-refractivity contribution >= 4 is 17.4 Å². The highest BCUT2D eigenvalue weighted by atomic mass is 16.5. The number of hydrogen-bond donors (Lipinski definition) is 2. The molecule has 3 aromatic rings. The second-order valence-corrected chi connectivity index (χ2v) is 7.31. The minimum absolute atomic E-state index is 0.122. The van der Waals surface area contributed by atoms with Gasteiger partial charge >= 0.3 is 0 Å². The fourth-order valence-electron chi connectivity index (χ4n) is 2.70. The van der Waals surface area contributed by atoms with E-state index in [0.29, 0.717) is 17.0 Å². The number of benzene rings is 2. The Morgan fingerprint density at radius 1 is 1.11 bits per heavy atom. The van der Waals surface area contributed by atoms with Crippen LogP contribution in [0.4, 0.5) is 11.5 Å². The number of carbonyl (C=O) groups is 1. The maximum absolute atomic E-state index is 11.9. The molecular weight excluding hydrogens is 340 g/mol. The van der Waals surface area contributed by atoms with E-state index in [9.17, 15) is 4.79 Å². The largest absolute Gasteiger partial charge is 0.497 e. The number of carbonyl (C=O) groups excluding carboxylic acids is 1. The van der Waals surface area contributed by atoms with Crippen LogP contribution in [0.15, 0.2) is 54.6 Å². The van der Waals surface area contributed by atoms with Crippen LogP contribution >= 0.6 is 0 Å². The Bertz CT molecular complexity index is 956. The lowest BCUT2D eigenvalue weighted by molar-refractivity contribution is 0.100. The zero-order valence-electron chi connectivity index (χ0n) is 16.0. The lowest BCUT2D eigenvalue weighted by Gasteiger charge is -2.14. The first kappa shape index (κ1) is 18.5. The Balaban J connectivity index is 2.09. The first-order valence-corrected chi connectivity index (χ1v) is 8.70. The van der Waals surface area contributed by atoms with E-state index >= 15 is 0 Å². The van der Waals surface area contributed by atoms with E-state index in [1.165, 1.54) is 0 Å². The number of anilines is 2. The van der Waals surface area contributed by atoms with Gasteiger partial charge in [-0.2, -0.15) is 5.10 Å². The van der Waals surface area contributed by atoms with Crippen molar-refractivity contribution in [2.75, 3.05) is 12.4 Å². The molecule has 0 bridgehead atoms. The zero-order chi connectivity index (χ0) is 19.6. The molecule has 140 valence electrons. The van der Waals surface area contributed by atoms with Gasteiger partial charge in [0, 0.05) is 11.5 Å². The molecular formula is C21H24N4O2. The first-order valence-electron chi connectivity index (χ1n) is 8.70. The van der Waals surface area contributed by atoms with Gasteiger partial charge in [-0.15, -0.1) is 0 Å². The number of primary amides is 1. The molecule has 0 spiro atoms. The predicted molar refractivity (Wildman–Crippen MR) is 107 cm³/mol. The second-order valence-electron chi connectivity index (χ2n) is 7.31. The van der Waals surface area contributed by atoms with Crippen LogP contribution in [-0.4, -0.2) is 22.8 Å². The summed E-state index contributed by atoms with van der Waals surface area (Å²) in [6, 6.07) is 17.0. The third-order valence-corrected chi connectivity index (χ3v) is 4.23. The molecule has 27 heavy (non-hydrogen) atoms. The predicted octanol–water partition coefficient (Wildman–Crippen LogP) is 4.02. The molecule has 1 heterocycles. The summed E-state index contributed by atoms with van der Waals surface area (Å²) in [5.41, 5.74) is 8.24. The molecule has 1 aromatic heterocycles. The average Bonchev–Trinajstić information content (AvgIpc) is 3.07. The number of nitrogens with two attached hydrogens (primary N) is 1. The fourth-order valence-corrected chi connectivity index (χ4v) is 2.70. The molecule has 0 aliphatic carbocycles. The van der Waals surface area contributed by atoms with Gasteiger partial charge in [-0.25, -0.2) is 4.68 Å². The summed E-state index contributed by atoms with van der Waals surface area (Å²) < 4.78 is 7.03. The van der Waals surface area contributed by atoms with Crippen LogP contribution in [0.3, 0.4) is 0 Å². The summed E-state index contributed by atoms with van der Waals surface area (Å²) in [6.45, 7) is 6.32. The van der Waals surface area contributed by atoms with E-state index in [4.69, 9.17) is 15.6 Å². The lowest BCUT2D eigenvalue weighted by atomic mass is 9.92. The number of nitrogens with zero attached hydrogens (tertiary/aromatic N) is 2.